The van der Waals surface area contributed by atoms with Crippen molar-refractivity contribution < 1.29 is 13.9 Å². The number of aryl methyl sites for hydroxylation is 1. The predicted molar refractivity (Wildman–Crippen MR) is 116 cm³/mol. The highest BCUT2D eigenvalue weighted by Gasteiger charge is 2.08. The number of benzene rings is 2. The second-order valence-corrected chi connectivity index (χ2v) is 6.91. The fourth-order valence-electron chi connectivity index (χ4n) is 2.79. The summed E-state index contributed by atoms with van der Waals surface area (Å²) in [6, 6.07) is 11.3. The van der Waals surface area contributed by atoms with Crippen molar-refractivity contribution in [3.63, 3.8) is 0 Å². The summed E-state index contributed by atoms with van der Waals surface area (Å²) < 4.78 is 25.0. The number of anilines is 1. The molecule has 6 nitrogen and oxygen atoms in total. The molecule has 0 heterocycles. The first-order valence-electron chi connectivity index (χ1n) is 9.56. The summed E-state index contributed by atoms with van der Waals surface area (Å²) in [5.41, 5.74) is 3.56. The van der Waals surface area contributed by atoms with E-state index in [1.165, 1.54) is 6.07 Å². The highest BCUT2D eigenvalue weighted by atomic mass is 19.1. The summed E-state index contributed by atoms with van der Waals surface area (Å²) in [4.78, 5) is 5.99. The number of hydrogen-bond donors (Lipinski definition) is 2. The first-order chi connectivity index (χ1) is 13.9. The van der Waals surface area contributed by atoms with E-state index < -0.39 is 0 Å². The van der Waals surface area contributed by atoms with Crippen LogP contribution in [0.25, 0.3) is 0 Å². The van der Waals surface area contributed by atoms with E-state index >= 15 is 0 Å². The van der Waals surface area contributed by atoms with Crippen molar-refractivity contribution in [1.29, 1.82) is 0 Å². The molecule has 0 aliphatic rings. The maximum absolute atomic E-state index is 14.1. The summed E-state index contributed by atoms with van der Waals surface area (Å²) in [6.07, 6.45) is 0. The van der Waals surface area contributed by atoms with Gasteiger partial charge in [-0.2, -0.15) is 0 Å². The van der Waals surface area contributed by atoms with Crippen molar-refractivity contribution in [2.45, 2.75) is 20.0 Å². The first-order valence-corrected chi connectivity index (χ1v) is 9.56. The lowest BCUT2D eigenvalue weighted by atomic mass is 10.1. The SMILES string of the molecule is CN=C(NCc1ccc(N(C)C)c(F)c1)NCc1ccc(C)cc1OCCOC. The van der Waals surface area contributed by atoms with E-state index in [1.54, 1.807) is 25.1 Å². The van der Waals surface area contributed by atoms with Gasteiger partial charge < -0.3 is 25.0 Å². The van der Waals surface area contributed by atoms with Crippen LogP contribution in [-0.4, -0.2) is 47.4 Å². The number of methoxy groups -OCH3 is 1. The third kappa shape index (κ3) is 6.94. The molecule has 0 radical (unpaired) electrons. The second-order valence-electron chi connectivity index (χ2n) is 6.91. The van der Waals surface area contributed by atoms with Crippen LogP contribution >= 0.6 is 0 Å². The number of ether oxygens (including phenoxy) is 2. The molecular formula is C22H31FN4O2. The van der Waals surface area contributed by atoms with E-state index in [0.717, 1.165) is 22.4 Å². The molecule has 0 aliphatic heterocycles. The van der Waals surface area contributed by atoms with E-state index in [4.69, 9.17) is 9.47 Å². The Kier molecular flexibility index (Phi) is 8.73. The maximum Gasteiger partial charge on any atom is 0.191 e. The van der Waals surface area contributed by atoms with Gasteiger partial charge in [0.1, 0.15) is 18.2 Å². The molecule has 0 fully saturated rings. The molecule has 2 aromatic rings. The smallest absolute Gasteiger partial charge is 0.191 e. The molecule has 158 valence electrons. The van der Waals surface area contributed by atoms with E-state index in [0.29, 0.717) is 38.0 Å². The van der Waals surface area contributed by atoms with Crippen LogP contribution in [0.2, 0.25) is 0 Å². The molecule has 0 aliphatic carbocycles. The van der Waals surface area contributed by atoms with Crippen LogP contribution in [-0.2, 0) is 17.8 Å². The van der Waals surface area contributed by atoms with Crippen LogP contribution in [0.1, 0.15) is 16.7 Å². The summed E-state index contributed by atoms with van der Waals surface area (Å²) in [6.45, 7) is 4.08. The minimum Gasteiger partial charge on any atom is -0.491 e. The molecule has 0 spiro atoms. The van der Waals surface area contributed by atoms with Gasteiger partial charge in [-0.25, -0.2) is 4.39 Å². The van der Waals surface area contributed by atoms with Gasteiger partial charge in [0.05, 0.1) is 12.3 Å². The van der Waals surface area contributed by atoms with Crippen molar-refractivity contribution in [1.82, 2.24) is 10.6 Å². The maximum atomic E-state index is 14.1. The number of guanidine groups is 1. The number of hydrogen-bond acceptors (Lipinski definition) is 4. The van der Waals surface area contributed by atoms with Crippen molar-refractivity contribution in [2.24, 2.45) is 4.99 Å². The normalized spacial score (nSPS) is 11.3. The minimum absolute atomic E-state index is 0.241. The summed E-state index contributed by atoms with van der Waals surface area (Å²) >= 11 is 0. The van der Waals surface area contributed by atoms with Gasteiger partial charge in [-0.3, -0.25) is 4.99 Å². The van der Waals surface area contributed by atoms with E-state index in [1.807, 2.05) is 45.3 Å². The summed E-state index contributed by atoms with van der Waals surface area (Å²) in [7, 11) is 6.99. The minimum atomic E-state index is -0.241. The van der Waals surface area contributed by atoms with Crippen LogP contribution in [0, 0.1) is 12.7 Å². The molecule has 2 aromatic carbocycles. The Bertz CT molecular complexity index is 824. The summed E-state index contributed by atoms with van der Waals surface area (Å²) in [5.74, 6) is 1.21. The zero-order chi connectivity index (χ0) is 21.2. The first kappa shape index (κ1) is 22.5. The third-order valence-electron chi connectivity index (χ3n) is 4.39. The number of rotatable bonds is 9. The fraction of sp³-hybridized carbons (Fsp3) is 0.409. The second kappa shape index (κ2) is 11.3. The molecule has 0 unspecified atom stereocenters. The van der Waals surface area contributed by atoms with Gasteiger partial charge in [-0.05, 0) is 36.2 Å². The van der Waals surface area contributed by atoms with Crippen molar-refractivity contribution in [2.75, 3.05) is 46.4 Å². The van der Waals surface area contributed by atoms with Gasteiger partial charge in [0.2, 0.25) is 0 Å². The van der Waals surface area contributed by atoms with Gasteiger partial charge in [0.25, 0.3) is 0 Å². The molecule has 0 saturated heterocycles. The molecule has 2 N–H and O–H groups in total. The fourth-order valence-corrected chi connectivity index (χ4v) is 2.79. The predicted octanol–water partition coefficient (Wildman–Crippen LogP) is 3.09. The van der Waals surface area contributed by atoms with E-state index in [2.05, 4.69) is 15.6 Å². The Morgan fingerprint density at radius 3 is 2.48 bits per heavy atom. The topological polar surface area (TPSA) is 58.1 Å². The lowest BCUT2D eigenvalue weighted by Crippen LogP contribution is -2.36. The van der Waals surface area contributed by atoms with Crippen molar-refractivity contribution >= 4 is 11.6 Å². The van der Waals surface area contributed by atoms with Gasteiger partial charge >= 0.3 is 0 Å². The molecule has 0 amide bonds. The van der Waals surface area contributed by atoms with Gasteiger partial charge in [0, 0.05) is 46.9 Å². The van der Waals surface area contributed by atoms with Gasteiger partial charge in [-0.15, -0.1) is 0 Å². The van der Waals surface area contributed by atoms with E-state index in [9.17, 15) is 4.39 Å². The van der Waals surface area contributed by atoms with Gasteiger partial charge in [-0.1, -0.05) is 18.2 Å². The van der Waals surface area contributed by atoms with Crippen LogP contribution in [0.4, 0.5) is 10.1 Å². The lowest BCUT2D eigenvalue weighted by molar-refractivity contribution is 0.145. The Labute approximate surface area is 172 Å². The zero-order valence-corrected chi connectivity index (χ0v) is 17.9. The number of nitrogens with one attached hydrogen (secondary N) is 2. The Morgan fingerprint density at radius 2 is 1.83 bits per heavy atom. The molecule has 7 heteroatoms. The monoisotopic (exact) mass is 402 g/mol. The molecule has 29 heavy (non-hydrogen) atoms. The van der Waals surface area contributed by atoms with Gasteiger partial charge in [0.15, 0.2) is 5.96 Å². The largest absolute Gasteiger partial charge is 0.491 e. The molecule has 2 rings (SSSR count). The average Bonchev–Trinajstić information content (AvgIpc) is 2.69. The average molecular weight is 403 g/mol. The highest BCUT2D eigenvalue weighted by molar-refractivity contribution is 5.79. The van der Waals surface area contributed by atoms with Crippen LogP contribution < -0.4 is 20.3 Å². The van der Waals surface area contributed by atoms with Crippen molar-refractivity contribution in [3.05, 3.63) is 58.9 Å². The Morgan fingerprint density at radius 1 is 1.07 bits per heavy atom. The van der Waals surface area contributed by atoms with Crippen LogP contribution in [0.3, 0.4) is 0 Å². The van der Waals surface area contributed by atoms with Crippen LogP contribution in [0.5, 0.6) is 5.75 Å². The number of aliphatic imine (C=N–C) groups is 1. The Hall–Kier alpha value is -2.80. The van der Waals surface area contributed by atoms with Crippen LogP contribution in [0.15, 0.2) is 41.4 Å². The Balaban J connectivity index is 1.95. The molecule has 0 aromatic heterocycles. The third-order valence-corrected chi connectivity index (χ3v) is 4.39. The zero-order valence-electron chi connectivity index (χ0n) is 17.9. The molecule has 0 atom stereocenters. The quantitative estimate of drug-likeness (QED) is 0.384. The number of nitrogens with zero attached hydrogens (tertiary/aromatic N) is 2. The molecule has 0 bridgehead atoms. The van der Waals surface area contributed by atoms with E-state index in [-0.39, 0.29) is 5.82 Å². The standard InChI is InChI=1S/C22H31FN4O2/c1-16-6-8-18(21(12-16)29-11-10-28-5)15-26-22(24-2)25-14-17-7-9-20(27(3)4)19(23)13-17/h6-9,12-13H,10-11,14-15H2,1-5H3,(H2,24,25,26). The molecular weight excluding hydrogens is 371 g/mol. The lowest BCUT2D eigenvalue weighted by Gasteiger charge is -2.16. The number of halogens is 1. The summed E-state index contributed by atoms with van der Waals surface area (Å²) in [5, 5.41) is 6.49. The molecule has 0 saturated carbocycles. The van der Waals surface area contributed by atoms with Crippen molar-refractivity contribution in [3.8, 4) is 5.75 Å². The highest BCUT2D eigenvalue weighted by Crippen LogP contribution is 2.20.